The Balaban J connectivity index is 1.43. The Bertz CT molecular complexity index is 1090. The fraction of sp³-hybridized carbons (Fsp3) is 0.300. The molecule has 3 aromatic rings. The molecule has 1 aliphatic heterocycles. The molecule has 1 saturated heterocycles. The van der Waals surface area contributed by atoms with Gasteiger partial charge in [-0.3, -0.25) is 14.9 Å². The Kier molecular flexibility index (Phi) is 6.16. The van der Waals surface area contributed by atoms with E-state index in [1.54, 1.807) is 16.2 Å². The third kappa shape index (κ3) is 4.12. The zero-order valence-electron chi connectivity index (χ0n) is 16.0. The minimum atomic E-state index is -0.516. The fourth-order valence-electron chi connectivity index (χ4n) is 3.56. The number of hydrogen-bond donors (Lipinski definition) is 0. The molecule has 1 fully saturated rings. The number of thiazole rings is 1. The molecule has 7 nitrogen and oxygen atoms in total. The summed E-state index contributed by atoms with van der Waals surface area (Å²) in [6, 6.07) is 8.07. The second kappa shape index (κ2) is 8.83. The van der Waals surface area contributed by atoms with Crippen LogP contribution in [0.2, 0.25) is 0 Å². The number of carbonyl (C=O) groups is 1. The minimum Gasteiger partial charge on any atom is -0.489 e. The van der Waals surface area contributed by atoms with Gasteiger partial charge < -0.3 is 9.64 Å². The van der Waals surface area contributed by atoms with Crippen molar-refractivity contribution in [3.63, 3.8) is 0 Å². The molecule has 1 aliphatic rings. The summed E-state index contributed by atoms with van der Waals surface area (Å²) >= 11 is 6.06. The Labute approximate surface area is 189 Å². The van der Waals surface area contributed by atoms with Gasteiger partial charge in [-0.15, -0.1) is 11.3 Å². The van der Waals surface area contributed by atoms with Gasteiger partial charge >= 0.3 is 5.00 Å². The van der Waals surface area contributed by atoms with Crippen molar-refractivity contribution in [3.8, 4) is 17.0 Å². The van der Waals surface area contributed by atoms with Crippen LogP contribution >= 0.6 is 38.6 Å². The first kappa shape index (κ1) is 21.0. The van der Waals surface area contributed by atoms with Gasteiger partial charge in [-0.05, 0) is 25.0 Å². The summed E-state index contributed by atoms with van der Waals surface area (Å²) in [5.41, 5.74) is 2.30. The third-order valence-corrected chi connectivity index (χ3v) is 7.51. The summed E-state index contributed by atoms with van der Waals surface area (Å²) in [6.07, 6.45) is 1.62. The lowest BCUT2D eigenvalue weighted by Gasteiger charge is -2.31. The Morgan fingerprint density at radius 1 is 1.30 bits per heavy atom. The number of likely N-dealkylation sites (tertiary alicyclic amines) is 1. The monoisotopic (exact) mass is 507 g/mol. The fourth-order valence-corrected chi connectivity index (χ4v) is 5.79. The number of carbonyl (C=O) groups excluding carboxylic acids is 1. The molecule has 1 aromatic carbocycles. The average Bonchev–Trinajstić information content (AvgIpc) is 3.41. The van der Waals surface area contributed by atoms with Gasteiger partial charge in [0.05, 0.1) is 28.3 Å². The van der Waals surface area contributed by atoms with Crippen LogP contribution < -0.4 is 4.74 Å². The molecule has 10 heteroatoms. The first-order chi connectivity index (χ1) is 14.5. The lowest BCUT2D eigenvalue weighted by Crippen LogP contribution is -2.37. The van der Waals surface area contributed by atoms with Crippen LogP contribution in [-0.4, -0.2) is 40.9 Å². The number of benzene rings is 1. The molecule has 30 heavy (non-hydrogen) atoms. The smallest absolute Gasteiger partial charge is 0.366 e. The van der Waals surface area contributed by atoms with Gasteiger partial charge in [0, 0.05) is 39.8 Å². The number of thiophene rings is 1. The molecule has 0 unspecified atom stereocenters. The maximum absolute atomic E-state index is 12.9. The van der Waals surface area contributed by atoms with E-state index in [0.717, 1.165) is 44.9 Å². The number of methoxy groups -OCH3 is 1. The number of ether oxygens (including phenoxy) is 1. The first-order valence-electron chi connectivity index (χ1n) is 9.28. The molecule has 3 heterocycles. The second-order valence-corrected chi connectivity index (χ2v) is 9.56. The number of aromatic nitrogens is 1. The van der Waals surface area contributed by atoms with E-state index in [0.29, 0.717) is 19.0 Å². The summed E-state index contributed by atoms with van der Waals surface area (Å²) in [6.45, 7) is 1.17. The topological polar surface area (TPSA) is 85.6 Å². The van der Waals surface area contributed by atoms with Crippen LogP contribution in [0.4, 0.5) is 5.00 Å². The number of hydrogen-bond acceptors (Lipinski definition) is 7. The van der Waals surface area contributed by atoms with Gasteiger partial charge in [-0.25, -0.2) is 4.98 Å². The van der Waals surface area contributed by atoms with Gasteiger partial charge in [-0.1, -0.05) is 39.4 Å². The maximum Gasteiger partial charge on any atom is 0.366 e. The molecule has 0 saturated carbocycles. The van der Waals surface area contributed by atoms with Crippen LogP contribution in [0, 0.1) is 10.1 Å². The van der Waals surface area contributed by atoms with E-state index in [1.165, 1.54) is 12.5 Å². The van der Waals surface area contributed by atoms with Crippen molar-refractivity contribution in [3.05, 3.63) is 60.2 Å². The van der Waals surface area contributed by atoms with Crippen LogP contribution in [-0.2, 0) is 0 Å². The summed E-state index contributed by atoms with van der Waals surface area (Å²) in [7, 11) is 1.35. The number of nitro groups is 1. The summed E-state index contributed by atoms with van der Waals surface area (Å²) < 4.78 is 6.16. The number of rotatable bonds is 5. The number of amides is 1. The second-order valence-electron chi connectivity index (χ2n) is 6.89. The molecule has 156 valence electrons. The zero-order chi connectivity index (χ0) is 21.3. The normalized spacial score (nSPS) is 14.7. The van der Waals surface area contributed by atoms with Crippen molar-refractivity contribution < 1.29 is 14.5 Å². The Morgan fingerprint density at radius 2 is 2.07 bits per heavy atom. The van der Waals surface area contributed by atoms with Crippen LogP contribution in [0.15, 0.2) is 39.5 Å². The molecule has 0 aliphatic carbocycles. The van der Waals surface area contributed by atoms with Crippen molar-refractivity contribution in [2.75, 3.05) is 20.2 Å². The molecule has 0 N–H and O–H groups in total. The average molecular weight is 508 g/mol. The zero-order valence-corrected chi connectivity index (χ0v) is 19.3. The molecular weight excluding hydrogens is 490 g/mol. The van der Waals surface area contributed by atoms with Crippen molar-refractivity contribution >= 4 is 49.5 Å². The quantitative estimate of drug-likeness (QED) is 0.332. The molecule has 0 radical (unpaired) electrons. The Hall–Kier alpha value is -2.30. The van der Waals surface area contributed by atoms with Crippen LogP contribution in [0.1, 0.15) is 34.1 Å². The standard InChI is InChI=1S/C20H18BrN3O4S2/c1-28-17-15(10-30-20(17)24(26)27)19(25)23-7-5-12(6-8-23)18-22-16(11-29-18)13-3-2-4-14(21)9-13/h2-4,9-12H,5-8H2,1H3. The number of piperidine rings is 1. The maximum atomic E-state index is 12.9. The highest BCUT2D eigenvalue weighted by atomic mass is 79.9. The van der Waals surface area contributed by atoms with Crippen molar-refractivity contribution in [2.24, 2.45) is 0 Å². The van der Waals surface area contributed by atoms with E-state index >= 15 is 0 Å². The van der Waals surface area contributed by atoms with Crippen LogP contribution in [0.25, 0.3) is 11.3 Å². The van der Waals surface area contributed by atoms with Gasteiger partial charge in [0.25, 0.3) is 5.91 Å². The first-order valence-corrected chi connectivity index (χ1v) is 11.8. The summed E-state index contributed by atoms with van der Waals surface area (Å²) in [4.78, 5) is 30.1. The highest BCUT2D eigenvalue weighted by Crippen LogP contribution is 2.39. The molecule has 2 aromatic heterocycles. The van der Waals surface area contributed by atoms with E-state index < -0.39 is 4.92 Å². The minimum absolute atomic E-state index is 0.0516. The van der Waals surface area contributed by atoms with Crippen molar-refractivity contribution in [1.82, 2.24) is 9.88 Å². The molecular formula is C20H18BrN3O4S2. The van der Waals surface area contributed by atoms with Gasteiger partial charge in [-0.2, -0.15) is 0 Å². The Morgan fingerprint density at radius 3 is 2.73 bits per heavy atom. The van der Waals surface area contributed by atoms with E-state index in [1.807, 2.05) is 24.3 Å². The highest BCUT2D eigenvalue weighted by Gasteiger charge is 2.32. The van der Waals surface area contributed by atoms with E-state index in [2.05, 4.69) is 21.3 Å². The molecule has 0 atom stereocenters. The van der Waals surface area contributed by atoms with Gasteiger partial charge in [0.1, 0.15) is 0 Å². The molecule has 0 bridgehead atoms. The largest absolute Gasteiger partial charge is 0.489 e. The van der Waals surface area contributed by atoms with E-state index in [9.17, 15) is 14.9 Å². The molecule has 1 amide bonds. The third-order valence-electron chi connectivity index (χ3n) is 5.10. The summed E-state index contributed by atoms with van der Waals surface area (Å²) in [5, 5.41) is 15.6. The predicted molar refractivity (Wildman–Crippen MR) is 121 cm³/mol. The number of halogens is 1. The van der Waals surface area contributed by atoms with Gasteiger partial charge in [0.2, 0.25) is 5.75 Å². The van der Waals surface area contributed by atoms with E-state index in [-0.39, 0.29) is 22.2 Å². The van der Waals surface area contributed by atoms with E-state index in [4.69, 9.17) is 9.72 Å². The molecule has 4 rings (SSSR count). The highest BCUT2D eigenvalue weighted by molar-refractivity contribution is 9.10. The van der Waals surface area contributed by atoms with Gasteiger partial charge in [0.15, 0.2) is 0 Å². The summed E-state index contributed by atoms with van der Waals surface area (Å²) in [5.74, 6) is 0.137. The number of nitrogens with zero attached hydrogens (tertiary/aromatic N) is 3. The lowest BCUT2D eigenvalue weighted by molar-refractivity contribution is -0.381. The molecule has 0 spiro atoms. The van der Waals surface area contributed by atoms with Crippen LogP contribution in [0.5, 0.6) is 5.75 Å². The van der Waals surface area contributed by atoms with Crippen molar-refractivity contribution in [1.29, 1.82) is 0 Å². The van der Waals surface area contributed by atoms with Crippen molar-refractivity contribution in [2.45, 2.75) is 18.8 Å². The lowest BCUT2D eigenvalue weighted by atomic mass is 9.97. The predicted octanol–water partition coefficient (Wildman–Crippen LogP) is 5.57. The SMILES string of the molecule is COc1c(C(=O)N2CCC(c3nc(-c4cccc(Br)c4)cs3)CC2)csc1[N+](=O)[O-]. The van der Waals surface area contributed by atoms with Crippen LogP contribution in [0.3, 0.4) is 0 Å².